The summed E-state index contributed by atoms with van der Waals surface area (Å²) in [6, 6.07) is 12.5. The summed E-state index contributed by atoms with van der Waals surface area (Å²) >= 11 is 1.25. The number of hydrogen-bond acceptors (Lipinski definition) is 6. The molecule has 0 saturated carbocycles. The standard InChI is InChI=1S/C20H17N5O3S/c1-28-15-5-3-2-4-13(15)11-22-19(27)16-10-14-17(24-25-20(14)29-16)23-18(26)12-6-8-21-9-7-12/h2-10H,11H2,1H3,(H,22,27)(H2,23,24,25,26). The Labute approximate surface area is 169 Å². The molecule has 4 aromatic rings. The number of amides is 2. The van der Waals surface area contributed by atoms with E-state index in [1.54, 1.807) is 37.7 Å². The second-order valence-corrected chi connectivity index (χ2v) is 7.14. The summed E-state index contributed by atoms with van der Waals surface area (Å²) < 4.78 is 5.30. The molecule has 146 valence electrons. The zero-order chi connectivity index (χ0) is 20.2. The molecule has 0 fully saturated rings. The van der Waals surface area contributed by atoms with Gasteiger partial charge in [0.05, 0.1) is 17.4 Å². The molecule has 0 radical (unpaired) electrons. The number of aromatic nitrogens is 3. The van der Waals surface area contributed by atoms with E-state index in [9.17, 15) is 9.59 Å². The van der Waals surface area contributed by atoms with E-state index < -0.39 is 0 Å². The second-order valence-electron chi connectivity index (χ2n) is 6.11. The third kappa shape index (κ3) is 3.94. The van der Waals surface area contributed by atoms with Gasteiger partial charge in [-0.2, -0.15) is 5.10 Å². The lowest BCUT2D eigenvalue weighted by atomic mass is 10.2. The van der Waals surface area contributed by atoms with Gasteiger partial charge >= 0.3 is 0 Å². The van der Waals surface area contributed by atoms with Gasteiger partial charge in [0.2, 0.25) is 0 Å². The summed E-state index contributed by atoms with van der Waals surface area (Å²) in [5.41, 5.74) is 1.36. The van der Waals surface area contributed by atoms with Gasteiger partial charge in [-0.3, -0.25) is 19.7 Å². The van der Waals surface area contributed by atoms with Crippen LogP contribution in [0.25, 0.3) is 10.2 Å². The predicted octanol–water partition coefficient (Wildman–Crippen LogP) is 3.21. The number of nitrogens with zero attached hydrogens (tertiary/aromatic N) is 2. The minimum Gasteiger partial charge on any atom is -0.496 e. The molecule has 3 heterocycles. The van der Waals surface area contributed by atoms with Crippen molar-refractivity contribution >= 4 is 39.2 Å². The number of pyridine rings is 1. The average molecular weight is 407 g/mol. The maximum absolute atomic E-state index is 12.6. The number of para-hydroxylation sites is 1. The summed E-state index contributed by atoms with van der Waals surface area (Å²) in [6.45, 7) is 0.343. The number of carbonyl (C=O) groups excluding carboxylic acids is 2. The van der Waals surface area contributed by atoms with Gasteiger partial charge in [0.25, 0.3) is 11.8 Å². The maximum Gasteiger partial charge on any atom is 0.261 e. The van der Waals surface area contributed by atoms with Crippen molar-refractivity contribution in [2.45, 2.75) is 6.54 Å². The quantitative estimate of drug-likeness (QED) is 0.455. The molecule has 0 aliphatic carbocycles. The van der Waals surface area contributed by atoms with E-state index in [0.717, 1.165) is 11.3 Å². The van der Waals surface area contributed by atoms with Crippen LogP contribution in [0.15, 0.2) is 54.9 Å². The number of aromatic amines is 1. The number of benzene rings is 1. The highest BCUT2D eigenvalue weighted by atomic mass is 32.1. The molecule has 9 heteroatoms. The predicted molar refractivity (Wildman–Crippen MR) is 110 cm³/mol. The van der Waals surface area contributed by atoms with Crippen LogP contribution < -0.4 is 15.4 Å². The second kappa shape index (κ2) is 8.11. The lowest BCUT2D eigenvalue weighted by molar-refractivity contribution is 0.0954. The largest absolute Gasteiger partial charge is 0.496 e. The molecule has 0 atom stereocenters. The Hall–Kier alpha value is -3.72. The van der Waals surface area contributed by atoms with Crippen LogP contribution in [0.5, 0.6) is 5.75 Å². The number of fused-ring (bicyclic) bond motifs is 1. The normalized spacial score (nSPS) is 10.7. The number of thiophene rings is 1. The molecule has 3 N–H and O–H groups in total. The molecular weight excluding hydrogens is 390 g/mol. The average Bonchev–Trinajstić information content (AvgIpc) is 3.35. The van der Waals surface area contributed by atoms with Crippen molar-refractivity contribution in [3.63, 3.8) is 0 Å². The number of methoxy groups -OCH3 is 1. The Morgan fingerprint density at radius 2 is 1.93 bits per heavy atom. The minimum absolute atomic E-state index is 0.217. The summed E-state index contributed by atoms with van der Waals surface area (Å²) in [4.78, 5) is 29.9. The van der Waals surface area contributed by atoms with Crippen LogP contribution in [0.1, 0.15) is 25.6 Å². The van der Waals surface area contributed by atoms with E-state index in [2.05, 4.69) is 25.8 Å². The lowest BCUT2D eigenvalue weighted by Gasteiger charge is -2.08. The first-order chi connectivity index (χ1) is 14.2. The fourth-order valence-corrected chi connectivity index (χ4v) is 3.73. The molecule has 0 spiro atoms. The molecule has 29 heavy (non-hydrogen) atoms. The van der Waals surface area contributed by atoms with E-state index >= 15 is 0 Å². The third-order valence-electron chi connectivity index (χ3n) is 4.29. The van der Waals surface area contributed by atoms with Crippen LogP contribution >= 0.6 is 11.3 Å². The van der Waals surface area contributed by atoms with Crippen LogP contribution in [-0.2, 0) is 6.54 Å². The van der Waals surface area contributed by atoms with Crippen molar-refractivity contribution in [2.75, 3.05) is 12.4 Å². The highest BCUT2D eigenvalue weighted by Crippen LogP contribution is 2.29. The summed E-state index contributed by atoms with van der Waals surface area (Å²) in [5.74, 6) is 0.661. The number of hydrogen-bond donors (Lipinski definition) is 3. The molecule has 3 aromatic heterocycles. The Morgan fingerprint density at radius 3 is 2.72 bits per heavy atom. The van der Waals surface area contributed by atoms with Crippen molar-refractivity contribution in [1.82, 2.24) is 20.5 Å². The SMILES string of the molecule is COc1ccccc1CNC(=O)c1cc2c(NC(=O)c3ccncc3)[nH]nc2s1. The van der Waals surface area contributed by atoms with Crippen molar-refractivity contribution < 1.29 is 14.3 Å². The fraction of sp³-hybridized carbons (Fsp3) is 0.100. The number of rotatable bonds is 6. The van der Waals surface area contributed by atoms with Crippen LogP contribution in [0, 0.1) is 0 Å². The topological polar surface area (TPSA) is 109 Å². The van der Waals surface area contributed by atoms with Crippen molar-refractivity contribution in [1.29, 1.82) is 0 Å². The van der Waals surface area contributed by atoms with E-state index in [0.29, 0.717) is 33.0 Å². The van der Waals surface area contributed by atoms with Crippen molar-refractivity contribution in [2.24, 2.45) is 0 Å². The van der Waals surface area contributed by atoms with Gasteiger partial charge in [0.1, 0.15) is 16.4 Å². The fourth-order valence-electron chi connectivity index (χ4n) is 2.82. The summed E-state index contributed by atoms with van der Waals surface area (Å²) in [5, 5.41) is 13.3. The van der Waals surface area contributed by atoms with Crippen LogP contribution in [0.2, 0.25) is 0 Å². The first-order valence-electron chi connectivity index (χ1n) is 8.75. The Balaban J connectivity index is 1.48. The zero-order valence-corrected chi connectivity index (χ0v) is 16.2. The molecular formula is C20H17N5O3S. The van der Waals surface area contributed by atoms with E-state index in [1.807, 2.05) is 24.3 Å². The van der Waals surface area contributed by atoms with Crippen LogP contribution in [0.3, 0.4) is 0 Å². The summed E-state index contributed by atoms with van der Waals surface area (Å²) in [7, 11) is 1.59. The van der Waals surface area contributed by atoms with Crippen LogP contribution in [0.4, 0.5) is 5.82 Å². The summed E-state index contributed by atoms with van der Waals surface area (Å²) in [6.07, 6.45) is 3.10. The van der Waals surface area contributed by atoms with Crippen molar-refractivity contribution in [3.05, 3.63) is 70.9 Å². The van der Waals surface area contributed by atoms with Gasteiger partial charge < -0.3 is 15.4 Å². The zero-order valence-electron chi connectivity index (χ0n) is 15.4. The first kappa shape index (κ1) is 18.6. The Morgan fingerprint density at radius 1 is 1.14 bits per heavy atom. The van der Waals surface area contributed by atoms with E-state index in [4.69, 9.17) is 4.74 Å². The van der Waals surface area contributed by atoms with E-state index in [1.165, 1.54) is 11.3 Å². The van der Waals surface area contributed by atoms with E-state index in [-0.39, 0.29) is 11.8 Å². The molecule has 1 aromatic carbocycles. The molecule has 0 saturated heterocycles. The smallest absolute Gasteiger partial charge is 0.261 e. The molecule has 0 unspecified atom stereocenters. The van der Waals surface area contributed by atoms with Gasteiger partial charge in [-0.05, 0) is 24.3 Å². The van der Waals surface area contributed by atoms with Gasteiger partial charge in [-0.15, -0.1) is 11.3 Å². The highest BCUT2D eigenvalue weighted by molar-refractivity contribution is 7.20. The van der Waals surface area contributed by atoms with Crippen LogP contribution in [-0.4, -0.2) is 34.1 Å². The maximum atomic E-state index is 12.6. The number of anilines is 1. The van der Waals surface area contributed by atoms with Gasteiger partial charge in [-0.1, -0.05) is 18.2 Å². The van der Waals surface area contributed by atoms with Gasteiger partial charge in [-0.25, -0.2) is 0 Å². The molecule has 4 rings (SSSR count). The Kier molecular flexibility index (Phi) is 5.21. The number of nitrogens with one attached hydrogen (secondary N) is 3. The highest BCUT2D eigenvalue weighted by Gasteiger charge is 2.17. The molecule has 0 aliphatic rings. The number of ether oxygens (including phenoxy) is 1. The molecule has 2 amide bonds. The van der Waals surface area contributed by atoms with Crippen molar-refractivity contribution in [3.8, 4) is 5.75 Å². The molecule has 0 aliphatic heterocycles. The number of H-pyrrole nitrogens is 1. The lowest BCUT2D eigenvalue weighted by Crippen LogP contribution is -2.22. The first-order valence-corrected chi connectivity index (χ1v) is 9.56. The van der Waals surface area contributed by atoms with Gasteiger partial charge in [0, 0.05) is 30.1 Å². The molecule has 0 bridgehead atoms. The number of carbonyl (C=O) groups is 2. The monoisotopic (exact) mass is 407 g/mol. The minimum atomic E-state index is -0.286. The third-order valence-corrected chi connectivity index (χ3v) is 5.32. The molecule has 8 nitrogen and oxygen atoms in total. The van der Waals surface area contributed by atoms with Gasteiger partial charge in [0.15, 0.2) is 0 Å². The Bertz CT molecular complexity index is 1170.